The first-order valence-electron chi connectivity index (χ1n) is 10.1. The summed E-state index contributed by atoms with van der Waals surface area (Å²) in [7, 11) is 0. The fourth-order valence-electron chi connectivity index (χ4n) is 3.39. The largest absolute Gasteiger partial charge is 0.349 e. The topological polar surface area (TPSA) is 84.7 Å². The molecular weight excluding hydrogens is 376 g/mol. The van der Waals surface area contributed by atoms with Crippen LogP contribution in [0.15, 0.2) is 61.1 Å². The lowest BCUT2D eigenvalue weighted by atomic mass is 10.1. The molecule has 4 aromatic rings. The van der Waals surface area contributed by atoms with Crippen molar-refractivity contribution in [2.75, 3.05) is 5.32 Å². The van der Waals surface area contributed by atoms with Gasteiger partial charge in [0.1, 0.15) is 12.1 Å². The molecule has 0 bridgehead atoms. The molecule has 2 aromatic carbocycles. The third kappa shape index (κ3) is 3.74. The molecule has 0 saturated heterocycles. The number of carbonyl (C=O) groups excluding carboxylic acids is 1. The summed E-state index contributed by atoms with van der Waals surface area (Å²) in [5.41, 5.74) is 4.42. The Morgan fingerprint density at radius 2 is 1.97 bits per heavy atom. The van der Waals surface area contributed by atoms with Crippen LogP contribution in [0.25, 0.3) is 11.0 Å². The van der Waals surface area contributed by atoms with E-state index in [4.69, 9.17) is 0 Å². The van der Waals surface area contributed by atoms with Crippen LogP contribution in [0.4, 0.5) is 11.5 Å². The number of carbonyl (C=O) groups is 1. The molecule has 0 atom stereocenters. The van der Waals surface area contributed by atoms with Gasteiger partial charge in [-0.3, -0.25) is 4.79 Å². The second-order valence-electron chi connectivity index (χ2n) is 7.65. The molecule has 1 fully saturated rings. The number of aryl methyl sites for hydroxylation is 1. The number of hydrogen-bond acceptors (Lipinski definition) is 5. The van der Waals surface area contributed by atoms with Crippen LogP contribution in [0.3, 0.4) is 0 Å². The quantitative estimate of drug-likeness (QED) is 0.516. The van der Waals surface area contributed by atoms with E-state index in [2.05, 4.69) is 37.8 Å². The molecule has 1 aliphatic carbocycles. The Bertz CT molecular complexity index is 1210. The molecule has 2 heterocycles. The number of nitrogens with one attached hydrogen (secondary N) is 2. The van der Waals surface area contributed by atoms with Crippen LogP contribution >= 0.6 is 0 Å². The molecule has 0 aliphatic heterocycles. The Morgan fingerprint density at radius 3 is 2.77 bits per heavy atom. The Hall–Kier alpha value is -3.74. The predicted molar refractivity (Wildman–Crippen MR) is 116 cm³/mol. The summed E-state index contributed by atoms with van der Waals surface area (Å²) >= 11 is 0. The predicted octanol–water partition coefficient (Wildman–Crippen LogP) is 3.82. The third-order valence-corrected chi connectivity index (χ3v) is 5.27. The normalized spacial score (nSPS) is 13.4. The highest BCUT2D eigenvalue weighted by atomic mass is 16.1. The van der Waals surface area contributed by atoms with Crippen LogP contribution < -0.4 is 10.6 Å². The molecule has 2 aromatic heterocycles. The van der Waals surface area contributed by atoms with Crippen molar-refractivity contribution >= 4 is 28.4 Å². The van der Waals surface area contributed by atoms with Crippen molar-refractivity contribution in [1.29, 1.82) is 0 Å². The van der Waals surface area contributed by atoms with Crippen molar-refractivity contribution < 1.29 is 4.79 Å². The second-order valence-corrected chi connectivity index (χ2v) is 7.65. The van der Waals surface area contributed by atoms with Crippen LogP contribution in [-0.4, -0.2) is 31.7 Å². The van der Waals surface area contributed by atoms with Gasteiger partial charge in [-0.05, 0) is 43.0 Å². The van der Waals surface area contributed by atoms with Crippen LogP contribution in [0.1, 0.15) is 34.3 Å². The highest BCUT2D eigenvalue weighted by Crippen LogP contribution is 2.26. The van der Waals surface area contributed by atoms with Crippen LogP contribution in [-0.2, 0) is 6.54 Å². The minimum Gasteiger partial charge on any atom is -0.349 e. The van der Waals surface area contributed by atoms with E-state index in [9.17, 15) is 4.79 Å². The van der Waals surface area contributed by atoms with Crippen LogP contribution in [0, 0.1) is 6.92 Å². The fourth-order valence-corrected chi connectivity index (χ4v) is 3.39. The van der Waals surface area contributed by atoms with Gasteiger partial charge in [-0.25, -0.2) is 14.6 Å². The van der Waals surface area contributed by atoms with Gasteiger partial charge in [0, 0.05) is 17.3 Å². The number of fused-ring (bicyclic) bond motifs is 1. The number of hydrogen-bond donors (Lipinski definition) is 2. The highest BCUT2D eigenvalue weighted by molar-refractivity contribution is 5.96. The third-order valence-electron chi connectivity index (χ3n) is 5.27. The van der Waals surface area contributed by atoms with E-state index in [0.29, 0.717) is 24.0 Å². The first-order chi connectivity index (χ1) is 14.7. The van der Waals surface area contributed by atoms with Gasteiger partial charge in [0.25, 0.3) is 5.91 Å². The Balaban J connectivity index is 1.43. The number of benzene rings is 2. The SMILES string of the molecule is Cc1ccc(C(=O)NC2CC2)cc1Nc1ncnc2c1cnn2Cc1ccccc1. The van der Waals surface area contributed by atoms with Gasteiger partial charge in [0.05, 0.1) is 18.1 Å². The second kappa shape index (κ2) is 7.59. The number of amides is 1. The summed E-state index contributed by atoms with van der Waals surface area (Å²) < 4.78 is 1.86. The van der Waals surface area contributed by atoms with Gasteiger partial charge >= 0.3 is 0 Å². The van der Waals surface area contributed by atoms with E-state index in [1.54, 1.807) is 6.20 Å². The van der Waals surface area contributed by atoms with Crippen LogP contribution in [0.5, 0.6) is 0 Å². The first kappa shape index (κ1) is 18.3. The molecule has 0 spiro atoms. The highest BCUT2D eigenvalue weighted by Gasteiger charge is 2.24. The fraction of sp³-hybridized carbons (Fsp3) is 0.217. The average molecular weight is 398 g/mol. The van der Waals surface area contributed by atoms with Gasteiger partial charge in [0.2, 0.25) is 0 Å². The monoisotopic (exact) mass is 398 g/mol. The molecule has 7 heteroatoms. The van der Waals surface area contributed by atoms with Gasteiger partial charge in [-0.1, -0.05) is 36.4 Å². The van der Waals surface area contributed by atoms with Gasteiger partial charge in [-0.2, -0.15) is 5.10 Å². The molecule has 30 heavy (non-hydrogen) atoms. The van der Waals surface area contributed by atoms with Gasteiger partial charge in [-0.15, -0.1) is 0 Å². The molecule has 1 aliphatic rings. The molecule has 1 amide bonds. The molecule has 7 nitrogen and oxygen atoms in total. The van der Waals surface area contributed by atoms with Crippen molar-refractivity contribution in [2.24, 2.45) is 0 Å². The van der Waals surface area contributed by atoms with E-state index in [1.807, 2.05) is 48.0 Å². The van der Waals surface area contributed by atoms with Gasteiger partial charge in [0.15, 0.2) is 5.65 Å². The Labute approximate surface area is 174 Å². The lowest BCUT2D eigenvalue weighted by molar-refractivity contribution is 0.0951. The average Bonchev–Trinajstić information content (AvgIpc) is 3.49. The zero-order valence-electron chi connectivity index (χ0n) is 16.7. The van der Waals surface area contributed by atoms with E-state index in [0.717, 1.165) is 40.7 Å². The van der Waals surface area contributed by atoms with Crippen molar-refractivity contribution in [3.05, 3.63) is 77.7 Å². The molecule has 5 rings (SSSR count). The van der Waals surface area contributed by atoms with Crippen molar-refractivity contribution in [1.82, 2.24) is 25.1 Å². The minimum absolute atomic E-state index is 0.0379. The Kier molecular flexibility index (Phi) is 4.63. The number of nitrogens with zero attached hydrogens (tertiary/aromatic N) is 4. The smallest absolute Gasteiger partial charge is 0.251 e. The van der Waals surface area contributed by atoms with E-state index >= 15 is 0 Å². The summed E-state index contributed by atoms with van der Waals surface area (Å²) in [6.45, 7) is 2.64. The minimum atomic E-state index is -0.0379. The molecule has 150 valence electrons. The number of aromatic nitrogens is 4. The van der Waals surface area contributed by atoms with Crippen molar-refractivity contribution in [2.45, 2.75) is 32.4 Å². The lowest BCUT2D eigenvalue weighted by Gasteiger charge is -2.12. The summed E-state index contributed by atoms with van der Waals surface area (Å²) in [6, 6.07) is 16.1. The molecule has 1 saturated carbocycles. The maximum absolute atomic E-state index is 12.4. The maximum atomic E-state index is 12.4. The van der Waals surface area contributed by atoms with Crippen molar-refractivity contribution in [3.8, 4) is 0 Å². The molecule has 2 N–H and O–H groups in total. The summed E-state index contributed by atoms with van der Waals surface area (Å²) in [5.74, 6) is 0.631. The summed E-state index contributed by atoms with van der Waals surface area (Å²) in [4.78, 5) is 21.3. The van der Waals surface area contributed by atoms with Crippen LogP contribution in [0.2, 0.25) is 0 Å². The summed E-state index contributed by atoms with van der Waals surface area (Å²) in [5, 5.41) is 11.7. The number of rotatable bonds is 6. The molecular formula is C23H22N6O. The first-order valence-corrected chi connectivity index (χ1v) is 10.1. The molecule has 0 unspecified atom stereocenters. The summed E-state index contributed by atoms with van der Waals surface area (Å²) in [6.07, 6.45) is 5.44. The lowest BCUT2D eigenvalue weighted by Crippen LogP contribution is -2.25. The maximum Gasteiger partial charge on any atom is 0.251 e. The Morgan fingerprint density at radius 1 is 1.13 bits per heavy atom. The van der Waals surface area contributed by atoms with Gasteiger partial charge < -0.3 is 10.6 Å². The standard InChI is InChI=1S/C23H22N6O/c1-15-7-8-17(23(30)27-18-9-10-18)11-20(15)28-21-19-12-26-29(22(19)25-14-24-21)13-16-5-3-2-4-6-16/h2-8,11-12,14,18H,9-10,13H2,1H3,(H,27,30)(H,24,25,28). The molecule has 0 radical (unpaired) electrons. The zero-order chi connectivity index (χ0) is 20.5. The van der Waals surface area contributed by atoms with Crippen molar-refractivity contribution in [3.63, 3.8) is 0 Å². The van der Waals surface area contributed by atoms with E-state index in [-0.39, 0.29) is 5.91 Å². The van der Waals surface area contributed by atoms with E-state index < -0.39 is 0 Å². The van der Waals surface area contributed by atoms with E-state index in [1.165, 1.54) is 6.33 Å². The number of anilines is 2. The zero-order valence-corrected chi connectivity index (χ0v) is 16.7.